The molecule has 2 N–H and O–H groups in total. The normalized spacial score (nSPS) is 21.8. The van der Waals surface area contributed by atoms with Crippen molar-refractivity contribution in [3.8, 4) is 22.9 Å². The zero-order valence-corrected chi connectivity index (χ0v) is 19.6. The summed E-state index contributed by atoms with van der Waals surface area (Å²) in [5.41, 5.74) is 3.90. The maximum atomic E-state index is 11.5. The Bertz CT molecular complexity index is 1340. The van der Waals surface area contributed by atoms with E-state index in [-0.39, 0.29) is 5.91 Å². The maximum absolute atomic E-state index is 11.5. The van der Waals surface area contributed by atoms with Gasteiger partial charge < -0.3 is 10.1 Å². The number of benzene rings is 1. The molecule has 3 aliphatic rings. The molecule has 35 heavy (non-hydrogen) atoms. The number of fused-ring (bicyclic) bond motifs is 4. The molecule has 1 aromatic carbocycles. The number of piperidine rings is 2. The van der Waals surface area contributed by atoms with Crippen LogP contribution in [-0.4, -0.2) is 49.6 Å². The fraction of sp³-hybridized carbons (Fsp3) is 0.333. The average Bonchev–Trinajstić information content (AvgIpc) is 3.40. The Morgan fingerprint density at radius 2 is 2.11 bits per heavy atom. The van der Waals surface area contributed by atoms with E-state index >= 15 is 0 Å². The molecule has 8 heteroatoms. The molecule has 3 atom stereocenters. The lowest BCUT2D eigenvalue weighted by Gasteiger charge is -2.49. The van der Waals surface area contributed by atoms with Crippen molar-refractivity contribution in [2.75, 3.05) is 6.54 Å². The number of H-pyrrole nitrogens is 1. The summed E-state index contributed by atoms with van der Waals surface area (Å²) in [6, 6.07) is 16.7. The van der Waals surface area contributed by atoms with Crippen LogP contribution in [0.4, 0.5) is 0 Å². The first-order chi connectivity index (χ1) is 17.1. The first-order valence-corrected chi connectivity index (χ1v) is 12.2. The van der Waals surface area contributed by atoms with Crippen LogP contribution in [0.2, 0.25) is 0 Å². The molecule has 3 unspecified atom stereocenters. The number of rotatable bonds is 6. The zero-order chi connectivity index (χ0) is 23.8. The van der Waals surface area contributed by atoms with Gasteiger partial charge in [0.1, 0.15) is 5.75 Å². The van der Waals surface area contributed by atoms with Gasteiger partial charge in [0, 0.05) is 61.5 Å². The highest BCUT2D eigenvalue weighted by atomic mass is 16.5. The number of hydrogen-bond acceptors (Lipinski definition) is 6. The summed E-state index contributed by atoms with van der Waals surface area (Å²) < 4.78 is 5.98. The molecule has 1 amide bonds. The van der Waals surface area contributed by atoms with Crippen LogP contribution in [-0.2, 0) is 11.3 Å². The molecule has 0 radical (unpaired) electrons. The number of aromatic nitrogens is 4. The Labute approximate surface area is 203 Å². The van der Waals surface area contributed by atoms with E-state index < -0.39 is 0 Å². The lowest BCUT2D eigenvalue weighted by atomic mass is 9.76. The van der Waals surface area contributed by atoms with Gasteiger partial charge in [-0.05, 0) is 61.6 Å². The number of aromatic amines is 1. The van der Waals surface area contributed by atoms with Gasteiger partial charge in [0.2, 0.25) is 11.8 Å². The Morgan fingerprint density at radius 1 is 1.17 bits per heavy atom. The van der Waals surface area contributed by atoms with E-state index in [9.17, 15) is 4.79 Å². The molecule has 3 aromatic heterocycles. The Hall–Kier alpha value is -3.78. The van der Waals surface area contributed by atoms with E-state index in [0.29, 0.717) is 23.9 Å². The van der Waals surface area contributed by atoms with Crippen LogP contribution >= 0.6 is 0 Å². The van der Waals surface area contributed by atoms with Crippen molar-refractivity contribution >= 4 is 16.8 Å². The summed E-state index contributed by atoms with van der Waals surface area (Å²) in [4.78, 5) is 23.4. The molecule has 2 aliphatic heterocycles. The smallest absolute Gasteiger partial charge is 0.219 e. The van der Waals surface area contributed by atoms with Crippen LogP contribution in [0.25, 0.3) is 22.2 Å². The molecule has 1 aliphatic carbocycles. The van der Waals surface area contributed by atoms with Crippen LogP contribution in [0.3, 0.4) is 0 Å². The van der Waals surface area contributed by atoms with Crippen LogP contribution in [0.1, 0.15) is 31.9 Å². The van der Waals surface area contributed by atoms with Gasteiger partial charge in [0.25, 0.3) is 0 Å². The number of pyridine rings is 2. The van der Waals surface area contributed by atoms with Crippen LogP contribution in [0.5, 0.6) is 11.6 Å². The molecule has 5 heterocycles. The Morgan fingerprint density at radius 3 is 2.86 bits per heavy atom. The fourth-order valence-corrected chi connectivity index (χ4v) is 5.49. The zero-order valence-electron chi connectivity index (χ0n) is 19.6. The van der Waals surface area contributed by atoms with Crippen molar-refractivity contribution in [3.05, 3.63) is 66.6 Å². The topological polar surface area (TPSA) is 96.0 Å². The fourth-order valence-electron chi connectivity index (χ4n) is 5.49. The predicted octanol–water partition coefficient (Wildman–Crippen LogP) is 4.30. The first kappa shape index (κ1) is 21.7. The number of hydrogen-bond donors (Lipinski definition) is 2. The van der Waals surface area contributed by atoms with E-state index in [1.165, 1.54) is 12.8 Å². The molecule has 178 valence electrons. The second-order valence-corrected chi connectivity index (χ2v) is 9.58. The number of amides is 1. The van der Waals surface area contributed by atoms with Crippen molar-refractivity contribution in [2.24, 2.45) is 5.92 Å². The van der Waals surface area contributed by atoms with Crippen LogP contribution in [0.15, 0.2) is 60.9 Å². The molecular formula is C27H28N6O2. The van der Waals surface area contributed by atoms with E-state index in [2.05, 4.69) is 37.5 Å². The van der Waals surface area contributed by atoms with E-state index in [1.807, 2.05) is 36.4 Å². The monoisotopic (exact) mass is 468 g/mol. The molecular weight excluding hydrogens is 440 g/mol. The standard InChI is InChI=1S/C27H28N6O2/c1-17(34)30-26-13-22-6-3-20(26)15-33(22)16-21-5-2-18-12-23(7-8-24(18)31-21)35-27-9-4-19(14-28-27)25-10-11-29-32-25/h2,4-5,7-12,14,20,22,26H,3,6,13,15-16H2,1H3,(H,29,32)(H,30,34). The molecule has 7 rings (SSSR count). The average molecular weight is 469 g/mol. The quantitative estimate of drug-likeness (QED) is 0.438. The van der Waals surface area contributed by atoms with E-state index in [4.69, 9.17) is 9.72 Å². The van der Waals surface area contributed by atoms with Crippen LogP contribution < -0.4 is 10.1 Å². The van der Waals surface area contributed by atoms with Gasteiger partial charge in [-0.1, -0.05) is 6.07 Å². The minimum Gasteiger partial charge on any atom is -0.439 e. The van der Waals surface area contributed by atoms with Crippen molar-refractivity contribution < 1.29 is 9.53 Å². The third-order valence-electron chi connectivity index (χ3n) is 7.19. The summed E-state index contributed by atoms with van der Waals surface area (Å²) in [5.74, 6) is 1.88. The number of nitrogens with one attached hydrogen (secondary N) is 2. The van der Waals surface area contributed by atoms with Gasteiger partial charge in [0.05, 0.1) is 16.9 Å². The number of carbonyl (C=O) groups excluding carboxylic acids is 1. The molecule has 8 nitrogen and oxygen atoms in total. The van der Waals surface area contributed by atoms with Gasteiger partial charge in [-0.3, -0.25) is 19.8 Å². The Balaban J connectivity index is 1.12. The van der Waals surface area contributed by atoms with Gasteiger partial charge in [-0.15, -0.1) is 0 Å². The molecule has 3 fully saturated rings. The van der Waals surface area contributed by atoms with Crippen molar-refractivity contribution in [1.29, 1.82) is 0 Å². The summed E-state index contributed by atoms with van der Waals surface area (Å²) in [7, 11) is 0. The number of ether oxygens (including phenoxy) is 1. The maximum Gasteiger partial charge on any atom is 0.219 e. The molecule has 2 saturated heterocycles. The molecule has 4 aromatic rings. The summed E-state index contributed by atoms with van der Waals surface area (Å²) in [6.45, 7) is 3.48. The summed E-state index contributed by atoms with van der Waals surface area (Å²) >= 11 is 0. The predicted molar refractivity (Wildman–Crippen MR) is 133 cm³/mol. The Kier molecular flexibility index (Phi) is 5.66. The highest BCUT2D eigenvalue weighted by molar-refractivity contribution is 5.80. The van der Waals surface area contributed by atoms with Gasteiger partial charge in [-0.2, -0.15) is 5.10 Å². The van der Waals surface area contributed by atoms with Crippen molar-refractivity contribution in [1.82, 2.24) is 30.4 Å². The van der Waals surface area contributed by atoms with E-state index in [1.54, 1.807) is 19.3 Å². The minimum atomic E-state index is 0.0792. The molecule has 0 spiro atoms. The van der Waals surface area contributed by atoms with Gasteiger partial charge in [-0.25, -0.2) is 4.98 Å². The van der Waals surface area contributed by atoms with Gasteiger partial charge >= 0.3 is 0 Å². The number of nitrogens with zero attached hydrogens (tertiary/aromatic N) is 4. The second kappa shape index (κ2) is 9.11. The second-order valence-electron chi connectivity index (χ2n) is 9.58. The lowest BCUT2D eigenvalue weighted by Crippen LogP contribution is -2.58. The molecule has 2 bridgehead atoms. The highest BCUT2D eigenvalue weighted by Gasteiger charge is 2.40. The van der Waals surface area contributed by atoms with Crippen LogP contribution in [0, 0.1) is 5.92 Å². The van der Waals surface area contributed by atoms with Gasteiger partial charge in [0.15, 0.2) is 0 Å². The third-order valence-corrected chi connectivity index (χ3v) is 7.19. The summed E-state index contributed by atoms with van der Waals surface area (Å²) in [6.07, 6.45) is 6.92. The first-order valence-electron chi connectivity index (χ1n) is 12.2. The lowest BCUT2D eigenvalue weighted by molar-refractivity contribution is -0.121. The summed E-state index contributed by atoms with van der Waals surface area (Å²) in [5, 5.41) is 11.1. The number of carbonyl (C=O) groups is 1. The van der Waals surface area contributed by atoms with Crippen molar-refractivity contribution in [2.45, 2.75) is 44.8 Å². The largest absolute Gasteiger partial charge is 0.439 e. The third kappa shape index (κ3) is 4.61. The minimum absolute atomic E-state index is 0.0792. The van der Waals surface area contributed by atoms with Crippen molar-refractivity contribution in [3.63, 3.8) is 0 Å². The molecule has 1 saturated carbocycles. The SMILES string of the molecule is CC(=O)NC1CC2CCC1CN2Cc1ccc2cc(Oc3ccc(-c4ccn[nH]4)cn3)ccc2n1. The van der Waals surface area contributed by atoms with E-state index in [0.717, 1.165) is 53.1 Å². The highest BCUT2D eigenvalue weighted by Crippen LogP contribution is 2.36.